The van der Waals surface area contributed by atoms with Crippen LogP contribution in [0, 0.1) is 6.92 Å². The molecular weight excluding hydrogens is 252 g/mol. The van der Waals surface area contributed by atoms with Gasteiger partial charge in [-0.1, -0.05) is 17.7 Å². The Balaban J connectivity index is 2.00. The average molecular weight is 269 g/mol. The number of nitrogens with zero attached hydrogens (tertiary/aromatic N) is 2. The summed E-state index contributed by atoms with van der Waals surface area (Å²) < 4.78 is 0. The molecule has 0 aliphatic carbocycles. The first kappa shape index (κ1) is 12.8. The lowest BCUT2D eigenvalue weighted by atomic mass is 10.2. The van der Waals surface area contributed by atoms with Gasteiger partial charge in [0, 0.05) is 23.0 Å². The Bertz CT molecular complexity index is 431. The maximum atomic E-state index is 6.11. The molecule has 4 heteroatoms. The molecule has 92 valence electrons. The summed E-state index contributed by atoms with van der Waals surface area (Å²) in [4.78, 5) is 8.14. The van der Waals surface area contributed by atoms with Crippen LogP contribution in [0.25, 0.3) is 0 Å². The third-order valence-electron chi connectivity index (χ3n) is 2.99. The van der Waals surface area contributed by atoms with E-state index in [4.69, 9.17) is 11.6 Å². The maximum Gasteiger partial charge on any atom is 0.109 e. The summed E-state index contributed by atoms with van der Waals surface area (Å²) in [6, 6.07) is 6.07. The second kappa shape index (κ2) is 5.78. The Hall–Kier alpha value is -0.670. The third kappa shape index (κ3) is 2.96. The van der Waals surface area contributed by atoms with Crippen LogP contribution < -0.4 is 0 Å². The molecule has 0 saturated heterocycles. The highest BCUT2D eigenvalue weighted by molar-refractivity contribution is 8.00. The molecule has 0 saturated carbocycles. The fraction of sp³-hybridized carbons (Fsp3) is 0.462. The van der Waals surface area contributed by atoms with Crippen LogP contribution >= 0.6 is 23.4 Å². The Morgan fingerprint density at radius 2 is 2.29 bits per heavy atom. The summed E-state index contributed by atoms with van der Waals surface area (Å²) in [6.07, 6.45) is 0. The zero-order valence-electron chi connectivity index (χ0n) is 10.2. The summed E-state index contributed by atoms with van der Waals surface area (Å²) >= 11 is 7.93. The van der Waals surface area contributed by atoms with Crippen molar-refractivity contribution >= 4 is 29.2 Å². The van der Waals surface area contributed by atoms with Crippen LogP contribution in [0.2, 0.25) is 5.02 Å². The molecule has 1 aliphatic heterocycles. The standard InChI is InChI=1S/C13H17ClN2S/c1-3-16-8-7-15-13(16)9-17-12-6-4-5-11(14)10(12)2/h4-6H,3,7-9H2,1-2H3. The van der Waals surface area contributed by atoms with Crippen LogP contribution in [0.5, 0.6) is 0 Å². The van der Waals surface area contributed by atoms with Crippen LogP contribution in [-0.4, -0.2) is 36.1 Å². The van der Waals surface area contributed by atoms with Gasteiger partial charge in [0.1, 0.15) is 5.84 Å². The van der Waals surface area contributed by atoms with Gasteiger partial charge in [0.15, 0.2) is 0 Å². The van der Waals surface area contributed by atoms with Gasteiger partial charge in [0.05, 0.1) is 12.3 Å². The van der Waals surface area contributed by atoms with E-state index in [1.54, 1.807) is 0 Å². The zero-order valence-corrected chi connectivity index (χ0v) is 11.8. The normalized spacial score (nSPS) is 15.2. The highest BCUT2D eigenvalue weighted by atomic mass is 35.5. The van der Waals surface area contributed by atoms with Gasteiger partial charge >= 0.3 is 0 Å². The highest BCUT2D eigenvalue weighted by Gasteiger charge is 2.15. The number of hydrogen-bond acceptors (Lipinski definition) is 3. The SMILES string of the molecule is CCN1CCN=C1CSc1cccc(Cl)c1C. The van der Waals surface area contributed by atoms with E-state index in [1.165, 1.54) is 16.3 Å². The van der Waals surface area contributed by atoms with Crippen molar-refractivity contribution in [2.24, 2.45) is 4.99 Å². The van der Waals surface area contributed by atoms with Gasteiger partial charge in [-0.15, -0.1) is 11.8 Å². The van der Waals surface area contributed by atoms with E-state index in [1.807, 2.05) is 23.9 Å². The van der Waals surface area contributed by atoms with Gasteiger partial charge < -0.3 is 4.90 Å². The molecule has 0 atom stereocenters. The Morgan fingerprint density at radius 1 is 1.47 bits per heavy atom. The molecule has 2 rings (SSSR count). The van der Waals surface area contributed by atoms with E-state index in [9.17, 15) is 0 Å². The van der Waals surface area contributed by atoms with Gasteiger partial charge in [-0.3, -0.25) is 4.99 Å². The number of likely N-dealkylation sites (N-methyl/N-ethyl adjacent to an activating group) is 1. The molecule has 0 amide bonds. The van der Waals surface area contributed by atoms with E-state index >= 15 is 0 Å². The van der Waals surface area contributed by atoms with E-state index in [-0.39, 0.29) is 0 Å². The molecule has 0 fully saturated rings. The molecule has 0 bridgehead atoms. The van der Waals surface area contributed by atoms with E-state index < -0.39 is 0 Å². The van der Waals surface area contributed by atoms with Gasteiger partial charge in [0.2, 0.25) is 0 Å². The second-order valence-electron chi connectivity index (χ2n) is 4.03. The molecular formula is C13H17ClN2S. The first-order valence-electron chi connectivity index (χ1n) is 5.88. The van der Waals surface area contributed by atoms with Crippen molar-refractivity contribution in [1.29, 1.82) is 0 Å². The minimum Gasteiger partial charge on any atom is -0.358 e. The first-order chi connectivity index (χ1) is 8.22. The number of aliphatic imine (C=N–C) groups is 1. The molecule has 17 heavy (non-hydrogen) atoms. The van der Waals surface area contributed by atoms with Crippen molar-refractivity contribution < 1.29 is 0 Å². The van der Waals surface area contributed by atoms with Crippen LogP contribution in [0.15, 0.2) is 28.1 Å². The molecule has 1 heterocycles. The van der Waals surface area contributed by atoms with Gasteiger partial charge in [-0.25, -0.2) is 0 Å². The fourth-order valence-corrected chi connectivity index (χ4v) is 3.18. The number of thioether (sulfide) groups is 1. The van der Waals surface area contributed by atoms with Crippen molar-refractivity contribution in [1.82, 2.24) is 4.90 Å². The van der Waals surface area contributed by atoms with Crippen molar-refractivity contribution in [2.75, 3.05) is 25.4 Å². The largest absolute Gasteiger partial charge is 0.358 e. The van der Waals surface area contributed by atoms with Gasteiger partial charge in [-0.05, 0) is 31.5 Å². The molecule has 0 spiro atoms. The summed E-state index contributed by atoms with van der Waals surface area (Å²) in [6.45, 7) is 7.31. The van der Waals surface area contributed by atoms with Crippen molar-refractivity contribution in [3.05, 3.63) is 28.8 Å². The molecule has 1 aromatic carbocycles. The lowest BCUT2D eigenvalue weighted by molar-refractivity contribution is 0.482. The number of benzene rings is 1. The molecule has 1 aromatic rings. The first-order valence-corrected chi connectivity index (χ1v) is 7.25. The van der Waals surface area contributed by atoms with Crippen LogP contribution in [0.1, 0.15) is 12.5 Å². The zero-order chi connectivity index (χ0) is 12.3. The third-order valence-corrected chi connectivity index (χ3v) is 4.55. The molecule has 0 unspecified atom stereocenters. The number of halogens is 1. The van der Waals surface area contributed by atoms with Crippen LogP contribution in [0.3, 0.4) is 0 Å². The molecule has 0 aromatic heterocycles. The van der Waals surface area contributed by atoms with Crippen molar-refractivity contribution in [2.45, 2.75) is 18.7 Å². The molecule has 0 N–H and O–H groups in total. The molecule has 0 radical (unpaired) electrons. The van der Waals surface area contributed by atoms with Crippen LogP contribution in [0.4, 0.5) is 0 Å². The van der Waals surface area contributed by atoms with Crippen LogP contribution in [-0.2, 0) is 0 Å². The Labute approximate surface area is 112 Å². The predicted octanol–water partition coefficient (Wildman–Crippen LogP) is 3.47. The van der Waals surface area contributed by atoms with E-state index in [0.717, 1.165) is 30.4 Å². The minimum atomic E-state index is 0.843. The van der Waals surface area contributed by atoms with Crippen molar-refractivity contribution in [3.8, 4) is 0 Å². The number of amidine groups is 1. The van der Waals surface area contributed by atoms with Gasteiger partial charge in [-0.2, -0.15) is 0 Å². The lowest BCUT2D eigenvalue weighted by Gasteiger charge is -2.17. The van der Waals surface area contributed by atoms with E-state index in [2.05, 4.69) is 29.8 Å². The van der Waals surface area contributed by atoms with Crippen molar-refractivity contribution in [3.63, 3.8) is 0 Å². The smallest absolute Gasteiger partial charge is 0.109 e. The predicted molar refractivity (Wildman–Crippen MR) is 76.5 cm³/mol. The monoisotopic (exact) mass is 268 g/mol. The molecule has 1 aliphatic rings. The van der Waals surface area contributed by atoms with E-state index in [0.29, 0.717) is 0 Å². The Kier molecular flexibility index (Phi) is 4.35. The lowest BCUT2D eigenvalue weighted by Crippen LogP contribution is -2.28. The summed E-state index contributed by atoms with van der Waals surface area (Å²) in [5.74, 6) is 2.16. The maximum absolute atomic E-state index is 6.11. The van der Waals surface area contributed by atoms with Gasteiger partial charge in [0.25, 0.3) is 0 Å². The second-order valence-corrected chi connectivity index (χ2v) is 5.45. The molecule has 2 nitrogen and oxygen atoms in total. The minimum absolute atomic E-state index is 0.843. The number of hydrogen-bond donors (Lipinski definition) is 0. The highest BCUT2D eigenvalue weighted by Crippen LogP contribution is 2.28. The fourth-order valence-electron chi connectivity index (χ4n) is 1.89. The Morgan fingerprint density at radius 3 is 3.06 bits per heavy atom. The average Bonchev–Trinajstić information content (AvgIpc) is 2.78. The summed E-state index contributed by atoms with van der Waals surface area (Å²) in [5, 5.41) is 0.843. The quantitative estimate of drug-likeness (QED) is 0.777. The number of rotatable bonds is 4. The topological polar surface area (TPSA) is 15.6 Å². The summed E-state index contributed by atoms with van der Waals surface area (Å²) in [7, 11) is 0. The summed E-state index contributed by atoms with van der Waals surface area (Å²) in [5.41, 5.74) is 1.17.